The van der Waals surface area contributed by atoms with Crippen LogP contribution in [-0.2, 0) is 6.18 Å². The summed E-state index contributed by atoms with van der Waals surface area (Å²) in [6, 6.07) is 14.7. The van der Waals surface area contributed by atoms with Gasteiger partial charge in [-0.1, -0.05) is 29.8 Å². The van der Waals surface area contributed by atoms with E-state index in [2.05, 4.69) is 20.6 Å². The Hall–Kier alpha value is -3.59. The smallest absolute Gasteiger partial charge is 0.312 e. The van der Waals surface area contributed by atoms with Gasteiger partial charge in [-0.3, -0.25) is 14.9 Å². The van der Waals surface area contributed by atoms with Crippen molar-refractivity contribution in [2.45, 2.75) is 19.1 Å². The van der Waals surface area contributed by atoms with Crippen LogP contribution in [0.2, 0.25) is 5.02 Å². The number of aromatic amines is 1. The van der Waals surface area contributed by atoms with Gasteiger partial charge >= 0.3 is 6.18 Å². The molecule has 0 saturated carbocycles. The number of carbonyl (C=O) groups excluding carboxylic acids is 1. The zero-order valence-corrected chi connectivity index (χ0v) is 17.5. The Bertz CT molecular complexity index is 1190. The number of halogens is 4. The third-order valence-corrected chi connectivity index (χ3v) is 4.62. The van der Waals surface area contributed by atoms with E-state index < -0.39 is 23.7 Å². The van der Waals surface area contributed by atoms with Crippen molar-refractivity contribution < 1.29 is 18.0 Å². The van der Waals surface area contributed by atoms with Gasteiger partial charge in [-0.05, 0) is 55.0 Å². The number of anilines is 1. The van der Waals surface area contributed by atoms with E-state index in [1.54, 1.807) is 37.3 Å². The molecule has 32 heavy (non-hydrogen) atoms. The Kier molecular flexibility index (Phi) is 6.99. The van der Waals surface area contributed by atoms with Crippen LogP contribution < -0.4 is 16.2 Å². The van der Waals surface area contributed by atoms with Crippen molar-refractivity contribution in [1.29, 1.82) is 0 Å². The summed E-state index contributed by atoms with van der Waals surface area (Å²) in [5.41, 5.74) is -0.463. The summed E-state index contributed by atoms with van der Waals surface area (Å²) >= 11 is 6.03. The molecular weight excluding hydrogens is 445 g/mol. The second-order valence-electron chi connectivity index (χ2n) is 6.79. The van der Waals surface area contributed by atoms with Gasteiger partial charge in [0.05, 0.1) is 11.6 Å². The molecule has 0 radical (unpaired) electrons. The summed E-state index contributed by atoms with van der Waals surface area (Å²) < 4.78 is 38.3. The fourth-order valence-corrected chi connectivity index (χ4v) is 2.97. The van der Waals surface area contributed by atoms with Crippen LogP contribution in [-0.4, -0.2) is 16.9 Å². The number of pyridine rings is 1. The van der Waals surface area contributed by atoms with Gasteiger partial charge < -0.3 is 10.3 Å². The Balaban J connectivity index is 1.87. The van der Waals surface area contributed by atoms with Crippen molar-refractivity contribution in [2.75, 3.05) is 5.32 Å². The number of nitrogens with zero attached hydrogens (tertiary/aromatic N) is 1. The minimum Gasteiger partial charge on any atom is -0.312 e. The Morgan fingerprint density at radius 2 is 1.75 bits per heavy atom. The maximum Gasteiger partial charge on any atom is 0.416 e. The van der Waals surface area contributed by atoms with Crippen LogP contribution in [0.5, 0.6) is 0 Å². The first kappa shape index (κ1) is 23.1. The highest BCUT2D eigenvalue weighted by Crippen LogP contribution is 2.29. The predicted octanol–water partition coefficient (Wildman–Crippen LogP) is 5.01. The lowest BCUT2D eigenvalue weighted by Gasteiger charge is -2.15. The van der Waals surface area contributed by atoms with Crippen molar-refractivity contribution in [3.63, 3.8) is 0 Å². The third-order valence-electron chi connectivity index (χ3n) is 4.38. The van der Waals surface area contributed by atoms with Gasteiger partial charge in [0.15, 0.2) is 0 Å². The number of rotatable bonds is 4. The molecule has 1 aromatic heterocycles. The minimum atomic E-state index is -4.51. The number of carbonyl (C=O) groups is 1. The Labute approximate surface area is 186 Å². The van der Waals surface area contributed by atoms with Crippen LogP contribution in [0, 0.1) is 0 Å². The highest BCUT2D eigenvalue weighted by molar-refractivity contribution is 6.30. The monoisotopic (exact) mass is 462 g/mol. The van der Waals surface area contributed by atoms with E-state index in [-0.39, 0.29) is 22.9 Å². The first-order valence-corrected chi connectivity index (χ1v) is 9.78. The lowest BCUT2D eigenvalue weighted by Crippen LogP contribution is -2.37. The molecule has 0 fully saturated rings. The minimum absolute atomic E-state index is 0.00413. The quantitative estimate of drug-likeness (QED) is 0.376. The molecule has 0 aliphatic carbocycles. The second kappa shape index (κ2) is 9.69. The zero-order chi connectivity index (χ0) is 23.3. The summed E-state index contributed by atoms with van der Waals surface area (Å²) in [7, 11) is 0. The van der Waals surface area contributed by atoms with Gasteiger partial charge in [-0.25, -0.2) is 4.99 Å². The number of H-pyrrole nitrogens is 1. The molecule has 3 N–H and O–H groups in total. The van der Waals surface area contributed by atoms with Crippen LogP contribution in [0.3, 0.4) is 0 Å². The number of guanidine groups is 1. The number of hydrogen-bond donors (Lipinski definition) is 3. The average Bonchev–Trinajstić information content (AvgIpc) is 2.73. The van der Waals surface area contributed by atoms with Crippen molar-refractivity contribution in [2.24, 2.45) is 4.99 Å². The Morgan fingerprint density at radius 3 is 2.38 bits per heavy atom. The largest absolute Gasteiger partial charge is 0.416 e. The lowest BCUT2D eigenvalue weighted by atomic mass is 10.1. The molecule has 1 unspecified atom stereocenters. The molecule has 1 amide bonds. The molecule has 6 nitrogen and oxygen atoms in total. The van der Waals surface area contributed by atoms with E-state index in [4.69, 9.17) is 11.6 Å². The van der Waals surface area contributed by atoms with Crippen LogP contribution in [0.15, 0.2) is 76.5 Å². The number of amides is 1. The number of hydrogen-bond acceptors (Lipinski definition) is 3. The van der Waals surface area contributed by atoms with Crippen LogP contribution >= 0.6 is 11.6 Å². The average molecular weight is 463 g/mol. The van der Waals surface area contributed by atoms with Crippen molar-refractivity contribution in [3.8, 4) is 0 Å². The third kappa shape index (κ3) is 6.21. The molecule has 10 heteroatoms. The van der Waals surface area contributed by atoms with E-state index in [0.717, 1.165) is 29.8 Å². The van der Waals surface area contributed by atoms with Gasteiger partial charge in [0, 0.05) is 16.7 Å². The van der Waals surface area contributed by atoms with Gasteiger partial charge in [0.25, 0.3) is 5.91 Å². The summed E-state index contributed by atoms with van der Waals surface area (Å²) in [6.07, 6.45) is -4.51. The van der Waals surface area contributed by atoms with E-state index in [0.29, 0.717) is 5.02 Å². The number of nitrogens with one attached hydrogen (secondary N) is 3. The molecular formula is C22H18ClF3N4O2. The molecule has 0 saturated heterocycles. The van der Waals surface area contributed by atoms with E-state index in [1.807, 2.05) is 0 Å². The van der Waals surface area contributed by atoms with Crippen LogP contribution in [0.25, 0.3) is 0 Å². The van der Waals surface area contributed by atoms with Crippen molar-refractivity contribution >= 4 is 29.3 Å². The molecule has 0 bridgehead atoms. The fourth-order valence-electron chi connectivity index (χ4n) is 2.77. The number of aromatic nitrogens is 1. The van der Waals surface area contributed by atoms with E-state index in [1.165, 1.54) is 12.1 Å². The molecule has 0 aliphatic heterocycles. The molecule has 1 atom stereocenters. The predicted molar refractivity (Wildman–Crippen MR) is 117 cm³/mol. The lowest BCUT2D eigenvalue weighted by molar-refractivity contribution is -0.137. The zero-order valence-electron chi connectivity index (χ0n) is 16.7. The fraction of sp³-hybridized carbons (Fsp3) is 0.136. The molecule has 3 aromatic rings. The highest BCUT2D eigenvalue weighted by atomic mass is 35.5. The molecule has 0 spiro atoms. The first-order valence-electron chi connectivity index (χ1n) is 9.40. The molecule has 166 valence electrons. The maximum atomic E-state index is 12.8. The number of benzene rings is 2. The van der Waals surface area contributed by atoms with Gasteiger partial charge in [0.1, 0.15) is 5.82 Å². The van der Waals surface area contributed by atoms with Gasteiger partial charge in [-0.15, -0.1) is 0 Å². The van der Waals surface area contributed by atoms with Crippen LogP contribution in [0.1, 0.15) is 34.5 Å². The topological polar surface area (TPSA) is 86.3 Å². The summed E-state index contributed by atoms with van der Waals surface area (Å²) in [4.78, 5) is 31.2. The van der Waals surface area contributed by atoms with E-state index in [9.17, 15) is 22.8 Å². The van der Waals surface area contributed by atoms with Gasteiger partial charge in [-0.2, -0.15) is 13.2 Å². The molecule has 1 heterocycles. The number of aliphatic imine (C=N–C) groups is 1. The highest BCUT2D eigenvalue weighted by Gasteiger charge is 2.30. The molecule has 2 aromatic carbocycles. The van der Waals surface area contributed by atoms with Crippen molar-refractivity contribution in [1.82, 2.24) is 10.3 Å². The van der Waals surface area contributed by atoms with E-state index >= 15 is 0 Å². The van der Waals surface area contributed by atoms with Crippen LogP contribution in [0.4, 0.5) is 19.0 Å². The number of alkyl halides is 3. The summed E-state index contributed by atoms with van der Waals surface area (Å²) in [5.74, 6) is -0.423. The molecule has 0 aliphatic rings. The van der Waals surface area contributed by atoms with Gasteiger partial charge in [0.2, 0.25) is 11.5 Å². The Morgan fingerprint density at radius 1 is 1.06 bits per heavy atom. The normalized spacial score (nSPS) is 12.8. The summed E-state index contributed by atoms with van der Waals surface area (Å²) in [6.45, 7) is 1.77. The second-order valence-corrected chi connectivity index (χ2v) is 7.23. The summed E-state index contributed by atoms with van der Waals surface area (Å²) in [5, 5.41) is 5.87. The standard InChI is InChI=1S/C22H18ClF3N4O2/c1-13(15-4-2-5-17(23)12-15)27-21(29-18-6-3-7-19(31)28-18)30-20(32)14-8-10-16(11-9-14)22(24,25)26/h2-13H,1H3,(H3,27,28,29,30,31,32). The maximum absolute atomic E-state index is 12.8. The SMILES string of the molecule is CC(N=C(NC(=O)c1ccc(C(F)(F)F)cc1)Nc1cccc(=O)[nH]1)c1cccc(Cl)c1. The molecule has 3 rings (SSSR count). The van der Waals surface area contributed by atoms with Crippen molar-refractivity contribution in [3.05, 3.63) is 98.8 Å². The first-order chi connectivity index (χ1) is 15.1.